The van der Waals surface area contributed by atoms with Gasteiger partial charge in [-0.25, -0.2) is 9.78 Å². The van der Waals surface area contributed by atoms with Crippen molar-refractivity contribution in [1.82, 2.24) is 4.98 Å². The van der Waals surface area contributed by atoms with Crippen LogP contribution in [0.5, 0.6) is 5.75 Å². The highest BCUT2D eigenvalue weighted by Crippen LogP contribution is 2.22. The van der Waals surface area contributed by atoms with E-state index in [0.717, 1.165) is 16.5 Å². The molecule has 1 atom stereocenters. The molecule has 0 bridgehead atoms. The Kier molecular flexibility index (Phi) is 7.02. The van der Waals surface area contributed by atoms with Gasteiger partial charge in [0.05, 0.1) is 17.1 Å². The Hall–Kier alpha value is -1.63. The van der Waals surface area contributed by atoms with Gasteiger partial charge in [-0.05, 0) is 58.2 Å². The monoisotopic (exact) mass is 413 g/mol. The van der Waals surface area contributed by atoms with Crippen LogP contribution in [-0.2, 0) is 15.9 Å². The number of hydrogen-bond donors (Lipinski definition) is 0. The van der Waals surface area contributed by atoms with E-state index in [2.05, 4.69) is 25.7 Å². The fourth-order valence-electron chi connectivity index (χ4n) is 2.05. The van der Waals surface area contributed by atoms with E-state index in [9.17, 15) is 4.79 Å². The molecule has 0 radical (unpaired) electrons. The standard InChI is InChI=1S/C17H17BrClNO4/c1-22-15(8-3-11-9-14(18)16(19)20-10-11)24-13-6-4-12(5-7-13)17(21)23-2/h4-7,9-10,15H,3,8H2,1-2H3. The van der Waals surface area contributed by atoms with E-state index in [-0.39, 0.29) is 5.97 Å². The van der Waals surface area contributed by atoms with Crippen LogP contribution in [0, 0.1) is 0 Å². The number of pyridine rings is 1. The Morgan fingerprint density at radius 1 is 1.29 bits per heavy atom. The maximum Gasteiger partial charge on any atom is 0.337 e. The molecule has 128 valence electrons. The zero-order valence-corrected chi connectivity index (χ0v) is 15.6. The molecule has 0 aliphatic carbocycles. The first-order chi connectivity index (χ1) is 11.5. The Morgan fingerprint density at radius 3 is 2.58 bits per heavy atom. The minimum absolute atomic E-state index is 0.384. The third kappa shape index (κ3) is 5.19. The lowest BCUT2D eigenvalue weighted by Gasteiger charge is -2.17. The van der Waals surface area contributed by atoms with Crippen molar-refractivity contribution in [3.63, 3.8) is 0 Å². The van der Waals surface area contributed by atoms with Crippen molar-refractivity contribution in [2.45, 2.75) is 19.1 Å². The topological polar surface area (TPSA) is 57.7 Å². The van der Waals surface area contributed by atoms with Crippen molar-refractivity contribution in [1.29, 1.82) is 0 Å². The summed E-state index contributed by atoms with van der Waals surface area (Å²) in [6.45, 7) is 0. The molecule has 7 heteroatoms. The van der Waals surface area contributed by atoms with Crippen molar-refractivity contribution in [2.24, 2.45) is 0 Å². The first kappa shape index (κ1) is 18.7. The number of halogens is 2. The highest BCUT2D eigenvalue weighted by Gasteiger charge is 2.12. The summed E-state index contributed by atoms with van der Waals surface area (Å²) in [6.07, 6.45) is 2.68. The second kappa shape index (κ2) is 9.01. The third-order valence-corrected chi connectivity index (χ3v) is 4.46. The average Bonchev–Trinajstić information content (AvgIpc) is 2.61. The lowest BCUT2D eigenvalue weighted by molar-refractivity contribution is -0.0577. The summed E-state index contributed by atoms with van der Waals surface area (Å²) in [4.78, 5) is 15.5. The molecule has 0 saturated carbocycles. The Balaban J connectivity index is 1.94. The summed E-state index contributed by atoms with van der Waals surface area (Å²) in [6, 6.07) is 8.63. The second-order valence-corrected chi connectivity index (χ2v) is 6.17. The number of methoxy groups -OCH3 is 2. The number of ether oxygens (including phenoxy) is 3. The minimum atomic E-state index is -0.413. The predicted molar refractivity (Wildman–Crippen MR) is 94.5 cm³/mol. The van der Waals surface area contributed by atoms with E-state index < -0.39 is 6.29 Å². The number of carbonyl (C=O) groups is 1. The molecule has 1 unspecified atom stereocenters. The maximum atomic E-state index is 11.4. The van der Waals surface area contributed by atoms with Crippen molar-refractivity contribution >= 4 is 33.5 Å². The van der Waals surface area contributed by atoms with Crippen LogP contribution in [0.15, 0.2) is 41.0 Å². The summed E-state index contributed by atoms with van der Waals surface area (Å²) >= 11 is 9.24. The van der Waals surface area contributed by atoms with E-state index >= 15 is 0 Å². The molecule has 0 saturated heterocycles. The van der Waals surface area contributed by atoms with Gasteiger partial charge in [-0.1, -0.05) is 11.6 Å². The summed E-state index contributed by atoms with van der Waals surface area (Å²) in [5.41, 5.74) is 1.49. The fraction of sp³-hybridized carbons (Fsp3) is 0.294. The highest BCUT2D eigenvalue weighted by atomic mass is 79.9. The number of esters is 1. The highest BCUT2D eigenvalue weighted by molar-refractivity contribution is 9.10. The lowest BCUT2D eigenvalue weighted by atomic mass is 10.1. The van der Waals surface area contributed by atoms with Gasteiger partial charge in [-0.3, -0.25) is 0 Å². The van der Waals surface area contributed by atoms with Crippen LogP contribution in [0.25, 0.3) is 0 Å². The van der Waals surface area contributed by atoms with Crippen LogP contribution >= 0.6 is 27.5 Å². The Bertz CT molecular complexity index is 693. The molecule has 0 aliphatic rings. The van der Waals surface area contributed by atoms with E-state index in [1.807, 2.05) is 6.07 Å². The maximum absolute atomic E-state index is 11.4. The fourth-order valence-corrected chi connectivity index (χ4v) is 2.55. The summed E-state index contributed by atoms with van der Waals surface area (Å²) in [5.74, 6) is 0.232. The van der Waals surface area contributed by atoms with Crippen LogP contribution in [0.2, 0.25) is 5.15 Å². The van der Waals surface area contributed by atoms with E-state index in [1.54, 1.807) is 37.6 Å². The van der Waals surface area contributed by atoms with E-state index in [4.69, 9.17) is 21.1 Å². The van der Waals surface area contributed by atoms with Crippen molar-refractivity contribution in [3.05, 3.63) is 57.3 Å². The smallest absolute Gasteiger partial charge is 0.337 e. The molecule has 1 heterocycles. The van der Waals surface area contributed by atoms with Crippen LogP contribution < -0.4 is 4.74 Å². The molecule has 0 aliphatic heterocycles. The number of hydrogen-bond acceptors (Lipinski definition) is 5. The number of carbonyl (C=O) groups excluding carboxylic acids is 1. The number of benzene rings is 1. The molecule has 0 spiro atoms. The molecule has 2 rings (SSSR count). The SMILES string of the molecule is COC(=O)c1ccc(OC(CCc2cnc(Cl)c(Br)c2)OC)cc1. The van der Waals surface area contributed by atoms with Crippen molar-refractivity contribution in [3.8, 4) is 5.75 Å². The molecule has 0 fully saturated rings. The molecule has 2 aromatic rings. The first-order valence-corrected chi connectivity index (χ1v) is 8.38. The molecule has 5 nitrogen and oxygen atoms in total. The van der Waals surface area contributed by atoms with Gasteiger partial charge >= 0.3 is 5.97 Å². The van der Waals surface area contributed by atoms with E-state index in [1.165, 1.54) is 7.11 Å². The molecule has 1 aromatic carbocycles. The van der Waals surface area contributed by atoms with E-state index in [0.29, 0.717) is 22.9 Å². The largest absolute Gasteiger partial charge is 0.465 e. The van der Waals surface area contributed by atoms with Gasteiger partial charge in [0, 0.05) is 19.7 Å². The molecule has 1 aromatic heterocycles. The van der Waals surface area contributed by atoms with Crippen LogP contribution in [0.1, 0.15) is 22.3 Å². The summed E-state index contributed by atoms with van der Waals surface area (Å²) < 4.78 is 16.6. The lowest BCUT2D eigenvalue weighted by Crippen LogP contribution is -2.19. The molecular formula is C17H17BrClNO4. The number of rotatable bonds is 7. The summed E-state index contributed by atoms with van der Waals surface area (Å²) in [7, 11) is 2.93. The quantitative estimate of drug-likeness (QED) is 0.385. The van der Waals surface area contributed by atoms with Crippen LogP contribution in [0.3, 0.4) is 0 Å². The summed E-state index contributed by atoms with van der Waals surface area (Å²) in [5, 5.41) is 0.434. The van der Waals surface area contributed by atoms with Gasteiger partial charge in [-0.2, -0.15) is 0 Å². The number of aromatic nitrogens is 1. The second-order valence-electron chi connectivity index (χ2n) is 4.95. The zero-order valence-electron chi connectivity index (χ0n) is 13.3. The average molecular weight is 415 g/mol. The molecule has 0 amide bonds. The minimum Gasteiger partial charge on any atom is -0.465 e. The Labute approximate surface area is 154 Å². The van der Waals surface area contributed by atoms with Gasteiger partial charge in [-0.15, -0.1) is 0 Å². The Morgan fingerprint density at radius 2 is 2.00 bits per heavy atom. The van der Waals surface area contributed by atoms with Gasteiger partial charge in [0.25, 0.3) is 0 Å². The molecular weight excluding hydrogens is 398 g/mol. The van der Waals surface area contributed by atoms with Crippen molar-refractivity contribution < 1.29 is 19.0 Å². The molecule has 24 heavy (non-hydrogen) atoms. The zero-order chi connectivity index (χ0) is 17.5. The third-order valence-electron chi connectivity index (χ3n) is 3.33. The number of nitrogens with zero attached hydrogens (tertiary/aromatic N) is 1. The van der Waals surface area contributed by atoms with Gasteiger partial charge in [0.2, 0.25) is 0 Å². The van der Waals surface area contributed by atoms with Crippen LogP contribution in [0.4, 0.5) is 0 Å². The van der Waals surface area contributed by atoms with Gasteiger partial charge in [0.1, 0.15) is 10.9 Å². The van der Waals surface area contributed by atoms with Gasteiger partial charge < -0.3 is 14.2 Å². The first-order valence-electron chi connectivity index (χ1n) is 7.21. The number of aryl methyl sites for hydroxylation is 1. The van der Waals surface area contributed by atoms with Crippen molar-refractivity contribution in [2.75, 3.05) is 14.2 Å². The predicted octanol–water partition coefficient (Wildman–Crippen LogP) is 4.27. The van der Waals surface area contributed by atoms with Crippen LogP contribution in [-0.4, -0.2) is 31.5 Å². The molecule has 0 N–H and O–H groups in total. The van der Waals surface area contributed by atoms with Gasteiger partial charge in [0.15, 0.2) is 6.29 Å². The normalized spacial score (nSPS) is 11.8.